The second kappa shape index (κ2) is 5.52. The van der Waals surface area contributed by atoms with Crippen molar-refractivity contribution in [2.45, 2.75) is 27.1 Å². The molecule has 0 saturated carbocycles. The summed E-state index contributed by atoms with van der Waals surface area (Å²) in [6.45, 7) is 4.91. The second-order valence-corrected chi connectivity index (χ2v) is 5.12. The van der Waals surface area contributed by atoms with Crippen LogP contribution in [0.15, 0.2) is 18.2 Å². The van der Waals surface area contributed by atoms with Gasteiger partial charge in [-0.15, -0.1) is 13.2 Å². The molecule has 4 nitrogen and oxygen atoms in total. The molecular formula is C13H14F3NO3. The Hall–Kier alpha value is -2.05. The van der Waals surface area contributed by atoms with Gasteiger partial charge in [-0.2, -0.15) is 0 Å². The zero-order chi connectivity index (χ0) is 15.6. The highest BCUT2D eigenvalue weighted by Crippen LogP contribution is 2.28. The van der Waals surface area contributed by atoms with E-state index >= 15 is 0 Å². The van der Waals surface area contributed by atoms with Crippen molar-refractivity contribution in [3.63, 3.8) is 0 Å². The molecule has 1 aromatic carbocycles. The number of carbonyl (C=O) groups excluding carboxylic acids is 2. The zero-order valence-corrected chi connectivity index (χ0v) is 11.2. The fourth-order valence-corrected chi connectivity index (χ4v) is 1.25. The van der Waals surface area contributed by atoms with Crippen molar-refractivity contribution >= 4 is 17.9 Å². The quantitative estimate of drug-likeness (QED) is 0.868. The fraction of sp³-hybridized carbons (Fsp3) is 0.385. The molecule has 7 heteroatoms. The van der Waals surface area contributed by atoms with Crippen LogP contribution < -0.4 is 10.1 Å². The minimum absolute atomic E-state index is 0.0262. The van der Waals surface area contributed by atoms with Crippen LogP contribution in [-0.4, -0.2) is 18.6 Å². The summed E-state index contributed by atoms with van der Waals surface area (Å²) in [5.74, 6) is -0.933. The molecule has 0 fully saturated rings. The molecule has 110 valence electrons. The monoisotopic (exact) mass is 289 g/mol. The van der Waals surface area contributed by atoms with E-state index in [1.807, 2.05) is 0 Å². The minimum Gasteiger partial charge on any atom is -0.406 e. The molecule has 0 aliphatic rings. The lowest BCUT2D eigenvalue weighted by atomic mass is 9.95. The Bertz CT molecular complexity index is 519. The summed E-state index contributed by atoms with van der Waals surface area (Å²) in [6.07, 6.45) is -4.40. The lowest BCUT2D eigenvalue weighted by Gasteiger charge is -2.19. The first-order valence-electron chi connectivity index (χ1n) is 5.69. The first-order chi connectivity index (χ1) is 9.03. The number of alkyl halides is 3. The maximum absolute atomic E-state index is 12.1. The third-order valence-corrected chi connectivity index (χ3v) is 2.31. The van der Waals surface area contributed by atoms with Gasteiger partial charge in [-0.1, -0.05) is 20.8 Å². The van der Waals surface area contributed by atoms with Gasteiger partial charge in [0.2, 0.25) is 5.91 Å². The second-order valence-electron chi connectivity index (χ2n) is 5.12. The van der Waals surface area contributed by atoms with Gasteiger partial charge in [0.25, 0.3) is 0 Å². The summed E-state index contributed by atoms with van der Waals surface area (Å²) < 4.78 is 40.1. The third-order valence-electron chi connectivity index (χ3n) is 2.31. The van der Waals surface area contributed by atoms with Crippen LogP contribution >= 0.6 is 0 Å². The Morgan fingerprint density at radius 1 is 1.25 bits per heavy atom. The number of aldehydes is 1. The summed E-state index contributed by atoms with van der Waals surface area (Å²) in [5, 5.41) is 2.41. The molecule has 20 heavy (non-hydrogen) atoms. The van der Waals surface area contributed by atoms with E-state index in [0.29, 0.717) is 6.29 Å². The van der Waals surface area contributed by atoms with Crippen molar-refractivity contribution in [3.05, 3.63) is 23.8 Å². The Labute approximate surface area is 113 Å². The predicted molar refractivity (Wildman–Crippen MR) is 66.6 cm³/mol. The Balaban J connectivity index is 3.07. The number of benzene rings is 1. The van der Waals surface area contributed by atoms with Crippen LogP contribution in [0.2, 0.25) is 0 Å². The molecule has 0 spiro atoms. The van der Waals surface area contributed by atoms with Gasteiger partial charge in [0.1, 0.15) is 5.75 Å². The highest BCUT2D eigenvalue weighted by atomic mass is 19.4. The summed E-state index contributed by atoms with van der Waals surface area (Å²) in [5.41, 5.74) is -0.708. The van der Waals surface area contributed by atoms with Gasteiger partial charge < -0.3 is 10.1 Å². The smallest absolute Gasteiger partial charge is 0.406 e. The van der Waals surface area contributed by atoms with Crippen LogP contribution in [0.1, 0.15) is 31.1 Å². The molecule has 0 saturated heterocycles. The van der Waals surface area contributed by atoms with Crippen molar-refractivity contribution in [3.8, 4) is 5.75 Å². The summed E-state index contributed by atoms with van der Waals surface area (Å²) in [4.78, 5) is 22.6. The lowest BCUT2D eigenvalue weighted by molar-refractivity contribution is -0.274. The summed E-state index contributed by atoms with van der Waals surface area (Å²) >= 11 is 0. The molecule has 1 N–H and O–H groups in total. The molecule has 0 aromatic heterocycles. The number of ether oxygens (including phenoxy) is 1. The van der Waals surface area contributed by atoms with E-state index in [1.165, 1.54) is 0 Å². The number of nitrogens with one attached hydrogen (secondary N) is 1. The molecule has 1 amide bonds. The van der Waals surface area contributed by atoms with Gasteiger partial charge in [-0.05, 0) is 12.1 Å². The van der Waals surface area contributed by atoms with Crippen LogP contribution in [0.4, 0.5) is 18.9 Å². The molecule has 0 unspecified atom stereocenters. The minimum atomic E-state index is -4.84. The van der Waals surface area contributed by atoms with Crippen LogP contribution in [0, 0.1) is 5.41 Å². The van der Waals surface area contributed by atoms with Crippen molar-refractivity contribution in [1.82, 2.24) is 0 Å². The van der Waals surface area contributed by atoms with E-state index in [4.69, 9.17) is 0 Å². The van der Waals surface area contributed by atoms with Gasteiger partial charge >= 0.3 is 6.36 Å². The van der Waals surface area contributed by atoms with Gasteiger partial charge in [-0.3, -0.25) is 9.59 Å². The van der Waals surface area contributed by atoms with E-state index in [0.717, 1.165) is 18.2 Å². The van der Waals surface area contributed by atoms with E-state index in [2.05, 4.69) is 10.1 Å². The Kier molecular flexibility index (Phi) is 4.42. The molecule has 1 aromatic rings. The SMILES string of the molecule is CC(C)(C)C(=O)Nc1cc(OC(F)(F)F)ccc1C=O. The number of hydrogen-bond donors (Lipinski definition) is 1. The fourth-order valence-electron chi connectivity index (χ4n) is 1.25. The lowest BCUT2D eigenvalue weighted by Crippen LogP contribution is -2.28. The Morgan fingerprint density at radius 3 is 2.30 bits per heavy atom. The predicted octanol–water partition coefficient (Wildman–Crippen LogP) is 3.38. The van der Waals surface area contributed by atoms with E-state index in [9.17, 15) is 22.8 Å². The van der Waals surface area contributed by atoms with Gasteiger partial charge in [0.05, 0.1) is 5.69 Å². The molecule has 0 aliphatic carbocycles. The molecule has 0 aliphatic heterocycles. The number of rotatable bonds is 3. The molecule has 0 heterocycles. The van der Waals surface area contributed by atoms with E-state index in [1.54, 1.807) is 20.8 Å². The largest absolute Gasteiger partial charge is 0.573 e. The van der Waals surface area contributed by atoms with Crippen LogP contribution in [0.3, 0.4) is 0 Å². The van der Waals surface area contributed by atoms with Crippen molar-refractivity contribution in [1.29, 1.82) is 0 Å². The Morgan fingerprint density at radius 2 is 1.85 bits per heavy atom. The van der Waals surface area contributed by atoms with Gasteiger partial charge in [-0.25, -0.2) is 0 Å². The summed E-state index contributed by atoms with van der Waals surface area (Å²) in [7, 11) is 0. The van der Waals surface area contributed by atoms with Crippen LogP contribution in [0.5, 0.6) is 5.75 Å². The van der Waals surface area contributed by atoms with Gasteiger partial charge in [0, 0.05) is 17.0 Å². The molecule has 0 atom stereocenters. The highest BCUT2D eigenvalue weighted by molar-refractivity contribution is 5.99. The third kappa shape index (κ3) is 4.56. The van der Waals surface area contributed by atoms with Crippen molar-refractivity contribution in [2.24, 2.45) is 5.41 Å². The first-order valence-corrected chi connectivity index (χ1v) is 5.69. The maximum Gasteiger partial charge on any atom is 0.573 e. The maximum atomic E-state index is 12.1. The molecule has 0 radical (unpaired) electrons. The molecule has 1 rings (SSSR count). The van der Waals surface area contributed by atoms with Gasteiger partial charge in [0.15, 0.2) is 6.29 Å². The first kappa shape index (κ1) is 16.0. The number of amides is 1. The summed E-state index contributed by atoms with van der Waals surface area (Å²) in [6, 6.07) is 3.11. The standard InChI is InChI=1S/C13H14F3NO3/c1-12(2,3)11(19)17-10-6-9(20-13(14,15)16)5-4-8(10)7-18/h4-7H,1-3H3,(H,17,19). The molecule has 0 bridgehead atoms. The zero-order valence-electron chi connectivity index (χ0n) is 11.2. The number of hydrogen-bond acceptors (Lipinski definition) is 3. The average Bonchev–Trinajstić information content (AvgIpc) is 2.25. The van der Waals surface area contributed by atoms with Crippen LogP contribution in [-0.2, 0) is 4.79 Å². The van der Waals surface area contributed by atoms with Crippen LogP contribution in [0.25, 0.3) is 0 Å². The average molecular weight is 289 g/mol. The molecular weight excluding hydrogens is 275 g/mol. The number of halogens is 3. The topological polar surface area (TPSA) is 55.4 Å². The normalized spacial score (nSPS) is 11.9. The van der Waals surface area contributed by atoms with Crippen molar-refractivity contribution < 1.29 is 27.5 Å². The van der Waals surface area contributed by atoms with E-state index in [-0.39, 0.29) is 11.3 Å². The van der Waals surface area contributed by atoms with E-state index < -0.39 is 23.4 Å². The highest BCUT2D eigenvalue weighted by Gasteiger charge is 2.31. The number of anilines is 1. The van der Waals surface area contributed by atoms with Crippen molar-refractivity contribution in [2.75, 3.05) is 5.32 Å². The number of carbonyl (C=O) groups is 2.